The summed E-state index contributed by atoms with van der Waals surface area (Å²) < 4.78 is 5.48. The first-order valence-corrected chi connectivity index (χ1v) is 8.05. The maximum atomic E-state index is 12.7. The fourth-order valence-corrected chi connectivity index (χ4v) is 2.85. The molecule has 1 aromatic rings. The first kappa shape index (κ1) is 19.8. The summed E-state index contributed by atoms with van der Waals surface area (Å²) in [5.41, 5.74) is 1.27. The molecule has 0 saturated carbocycles. The number of piperazine rings is 1. The van der Waals surface area contributed by atoms with Crippen molar-refractivity contribution >= 4 is 18.3 Å². The number of ether oxygens (including phenoxy) is 1. The van der Waals surface area contributed by atoms with Crippen LogP contribution in [0.3, 0.4) is 0 Å². The van der Waals surface area contributed by atoms with Gasteiger partial charge >= 0.3 is 0 Å². The highest BCUT2D eigenvalue weighted by atomic mass is 35.5. The minimum Gasteiger partial charge on any atom is -0.496 e. The molecule has 4 nitrogen and oxygen atoms in total. The van der Waals surface area contributed by atoms with E-state index in [0.717, 1.165) is 37.4 Å². The lowest BCUT2D eigenvalue weighted by molar-refractivity contribution is -0.135. The number of nitrogens with zero attached hydrogens (tertiary/aromatic N) is 1. The van der Waals surface area contributed by atoms with E-state index in [0.29, 0.717) is 6.42 Å². The average molecular weight is 341 g/mol. The van der Waals surface area contributed by atoms with E-state index in [2.05, 4.69) is 32.2 Å². The van der Waals surface area contributed by atoms with Crippen molar-refractivity contribution in [2.45, 2.75) is 39.7 Å². The molecular formula is C18H29ClN2O2. The van der Waals surface area contributed by atoms with Crippen LogP contribution < -0.4 is 10.1 Å². The Hall–Kier alpha value is -1.26. The zero-order chi connectivity index (χ0) is 16.2. The van der Waals surface area contributed by atoms with E-state index in [-0.39, 0.29) is 29.8 Å². The molecule has 23 heavy (non-hydrogen) atoms. The zero-order valence-corrected chi connectivity index (χ0v) is 15.4. The van der Waals surface area contributed by atoms with Crippen LogP contribution in [0.15, 0.2) is 24.3 Å². The molecule has 1 heterocycles. The van der Waals surface area contributed by atoms with Crippen LogP contribution in [-0.2, 0) is 4.79 Å². The zero-order valence-electron chi connectivity index (χ0n) is 14.6. The van der Waals surface area contributed by atoms with Crippen molar-refractivity contribution < 1.29 is 9.53 Å². The smallest absolute Gasteiger partial charge is 0.223 e. The van der Waals surface area contributed by atoms with Crippen molar-refractivity contribution in [3.8, 4) is 5.75 Å². The summed E-state index contributed by atoms with van der Waals surface area (Å²) in [6, 6.07) is 8.04. The van der Waals surface area contributed by atoms with Gasteiger partial charge < -0.3 is 15.0 Å². The summed E-state index contributed by atoms with van der Waals surface area (Å²) >= 11 is 0. The van der Waals surface area contributed by atoms with Crippen molar-refractivity contribution in [1.29, 1.82) is 0 Å². The Labute approximate surface area is 146 Å². The number of nitrogens with one attached hydrogen (secondary N) is 1. The maximum Gasteiger partial charge on any atom is 0.223 e. The minimum atomic E-state index is 0. The van der Waals surface area contributed by atoms with Gasteiger partial charge in [0.05, 0.1) is 13.2 Å². The number of benzene rings is 1. The Morgan fingerprint density at radius 1 is 1.35 bits per heavy atom. The van der Waals surface area contributed by atoms with Gasteiger partial charge in [-0.3, -0.25) is 4.79 Å². The largest absolute Gasteiger partial charge is 0.496 e. The number of hydrogen-bond donors (Lipinski definition) is 1. The summed E-state index contributed by atoms with van der Waals surface area (Å²) in [5.74, 6) is 1.09. The van der Waals surface area contributed by atoms with Crippen LogP contribution in [0.5, 0.6) is 5.75 Å². The van der Waals surface area contributed by atoms with Crippen LogP contribution in [0.4, 0.5) is 0 Å². The van der Waals surface area contributed by atoms with Crippen molar-refractivity contribution in [3.63, 3.8) is 0 Å². The molecule has 5 heteroatoms. The second-order valence-corrected chi connectivity index (χ2v) is 7.11. The number of methoxy groups -OCH3 is 1. The van der Waals surface area contributed by atoms with Gasteiger partial charge in [-0.1, -0.05) is 39.0 Å². The van der Waals surface area contributed by atoms with E-state index in [4.69, 9.17) is 4.74 Å². The average Bonchev–Trinajstić information content (AvgIpc) is 2.52. The normalized spacial score (nSPS) is 18.3. The van der Waals surface area contributed by atoms with E-state index < -0.39 is 0 Å². The molecule has 0 radical (unpaired) electrons. The first-order chi connectivity index (χ1) is 10.4. The standard InChI is InChI=1S/C18H28N2O2.ClH/c1-18(2,3)10-9-17(21)20-12-11-19-13-15(20)14-7-5-6-8-16(14)22-4;/h5-8,15,19H,9-13H2,1-4H3;1H. The molecule has 1 atom stereocenters. The van der Waals surface area contributed by atoms with Crippen LogP contribution in [-0.4, -0.2) is 37.6 Å². The van der Waals surface area contributed by atoms with Gasteiger partial charge in [0.15, 0.2) is 0 Å². The molecule has 1 unspecified atom stereocenters. The fourth-order valence-electron chi connectivity index (χ4n) is 2.85. The molecule has 1 saturated heterocycles. The number of rotatable bonds is 4. The Bertz CT molecular complexity index is 514. The second-order valence-electron chi connectivity index (χ2n) is 7.11. The number of hydrogen-bond acceptors (Lipinski definition) is 3. The second kappa shape index (κ2) is 8.55. The number of amides is 1. The molecule has 1 aromatic carbocycles. The summed E-state index contributed by atoms with van der Waals surface area (Å²) in [5, 5.41) is 3.39. The quantitative estimate of drug-likeness (QED) is 0.913. The third-order valence-corrected chi connectivity index (χ3v) is 4.15. The van der Waals surface area contributed by atoms with Gasteiger partial charge in [-0.05, 0) is 17.9 Å². The Morgan fingerprint density at radius 2 is 2.04 bits per heavy atom. The molecule has 0 bridgehead atoms. The van der Waals surface area contributed by atoms with Gasteiger partial charge in [-0.25, -0.2) is 0 Å². The molecular weight excluding hydrogens is 312 g/mol. The van der Waals surface area contributed by atoms with Gasteiger partial charge in [-0.2, -0.15) is 0 Å². The Kier molecular flexibility index (Phi) is 7.36. The highest BCUT2D eigenvalue weighted by Gasteiger charge is 2.30. The fraction of sp³-hybridized carbons (Fsp3) is 0.611. The molecule has 0 spiro atoms. The van der Waals surface area contributed by atoms with Crippen LogP contribution in [0.25, 0.3) is 0 Å². The summed E-state index contributed by atoms with van der Waals surface area (Å²) in [6.07, 6.45) is 1.52. The molecule has 1 amide bonds. The predicted octanol–water partition coefficient (Wildman–Crippen LogP) is 3.42. The highest BCUT2D eigenvalue weighted by Crippen LogP contribution is 2.31. The van der Waals surface area contributed by atoms with E-state index in [1.807, 2.05) is 23.1 Å². The van der Waals surface area contributed by atoms with Crippen molar-refractivity contribution in [2.24, 2.45) is 5.41 Å². The Morgan fingerprint density at radius 3 is 2.70 bits per heavy atom. The molecule has 0 aliphatic carbocycles. The summed E-state index contributed by atoms with van der Waals surface area (Å²) in [7, 11) is 1.68. The lowest BCUT2D eigenvalue weighted by Gasteiger charge is -2.37. The molecule has 1 N–H and O–H groups in total. The molecule has 1 aliphatic heterocycles. The van der Waals surface area contributed by atoms with Gasteiger partial charge in [0, 0.05) is 31.6 Å². The lowest BCUT2D eigenvalue weighted by Crippen LogP contribution is -2.48. The van der Waals surface area contributed by atoms with Crippen LogP contribution in [0, 0.1) is 5.41 Å². The predicted molar refractivity (Wildman–Crippen MR) is 96.3 cm³/mol. The minimum absolute atomic E-state index is 0. The molecule has 0 aromatic heterocycles. The number of halogens is 1. The van der Waals surface area contributed by atoms with E-state index >= 15 is 0 Å². The molecule has 1 aliphatic rings. The van der Waals surface area contributed by atoms with E-state index in [1.54, 1.807) is 7.11 Å². The van der Waals surface area contributed by atoms with Crippen LogP contribution in [0.2, 0.25) is 0 Å². The third kappa shape index (κ3) is 5.40. The van der Waals surface area contributed by atoms with E-state index in [1.165, 1.54) is 0 Å². The van der Waals surface area contributed by atoms with Crippen molar-refractivity contribution in [3.05, 3.63) is 29.8 Å². The first-order valence-electron chi connectivity index (χ1n) is 8.05. The van der Waals surface area contributed by atoms with Crippen molar-refractivity contribution in [2.75, 3.05) is 26.7 Å². The third-order valence-electron chi connectivity index (χ3n) is 4.15. The van der Waals surface area contributed by atoms with Gasteiger partial charge in [0.25, 0.3) is 0 Å². The monoisotopic (exact) mass is 340 g/mol. The maximum absolute atomic E-state index is 12.7. The molecule has 130 valence electrons. The topological polar surface area (TPSA) is 41.6 Å². The van der Waals surface area contributed by atoms with Gasteiger partial charge in [-0.15, -0.1) is 12.4 Å². The molecule has 2 rings (SSSR count). The van der Waals surface area contributed by atoms with Gasteiger partial charge in [0.1, 0.15) is 5.75 Å². The Balaban J connectivity index is 0.00000264. The number of carbonyl (C=O) groups is 1. The summed E-state index contributed by atoms with van der Waals surface area (Å²) in [6.45, 7) is 8.92. The van der Waals surface area contributed by atoms with Crippen LogP contribution >= 0.6 is 12.4 Å². The summed E-state index contributed by atoms with van der Waals surface area (Å²) in [4.78, 5) is 14.7. The number of carbonyl (C=O) groups excluding carboxylic acids is 1. The van der Waals surface area contributed by atoms with Crippen LogP contribution in [0.1, 0.15) is 45.2 Å². The highest BCUT2D eigenvalue weighted by molar-refractivity contribution is 5.85. The lowest BCUT2D eigenvalue weighted by atomic mass is 9.90. The molecule has 1 fully saturated rings. The number of para-hydroxylation sites is 1. The van der Waals surface area contributed by atoms with Gasteiger partial charge in [0.2, 0.25) is 5.91 Å². The SMILES string of the molecule is COc1ccccc1C1CNCCN1C(=O)CCC(C)(C)C.Cl. The van der Waals surface area contributed by atoms with E-state index in [9.17, 15) is 4.79 Å². The van der Waals surface area contributed by atoms with Crippen molar-refractivity contribution in [1.82, 2.24) is 10.2 Å².